The lowest BCUT2D eigenvalue weighted by atomic mass is 9.44. The number of carboxylic acids is 1. The molecule has 2 aromatic rings. The molecular weight excluding hydrogens is 712 g/mol. The molecule has 0 amide bonds. The van der Waals surface area contributed by atoms with Gasteiger partial charge in [0.05, 0.1) is 30.5 Å². The van der Waals surface area contributed by atoms with Crippen LogP contribution in [0.15, 0.2) is 21.9 Å². The number of carboxylic acid groups (broad SMARTS) is 1. The lowest BCUT2D eigenvalue weighted by Gasteiger charge is -2.61. The Kier molecular flexibility index (Phi) is 12.6. The van der Waals surface area contributed by atoms with Crippen LogP contribution >= 0.6 is 0 Å². The first-order chi connectivity index (χ1) is 26.4. The maximum absolute atomic E-state index is 13.6. The second kappa shape index (κ2) is 17.2. The van der Waals surface area contributed by atoms with Gasteiger partial charge in [-0.1, -0.05) is 25.9 Å². The van der Waals surface area contributed by atoms with Crippen molar-refractivity contribution in [2.45, 2.75) is 110 Å². The van der Waals surface area contributed by atoms with E-state index in [0.29, 0.717) is 54.1 Å². The number of benzene rings is 1. The molecule has 4 aliphatic carbocycles. The number of nitro benzene ring substituents is 1. The molecule has 16 heteroatoms. The van der Waals surface area contributed by atoms with Crippen molar-refractivity contribution in [3.8, 4) is 0 Å². The van der Waals surface area contributed by atoms with Crippen molar-refractivity contribution < 1.29 is 43.3 Å². The van der Waals surface area contributed by atoms with Gasteiger partial charge in [-0.05, 0) is 144 Å². The lowest BCUT2D eigenvalue weighted by molar-refractivity contribution is -0.383. The zero-order valence-corrected chi connectivity index (χ0v) is 32.1. The highest BCUT2D eigenvalue weighted by atomic mass is 16.6. The molecule has 10 atom stereocenters. The number of ether oxygens (including phenoxy) is 3. The standard InChI is InChI=1S/C39H54N6O10/c1-23(4-11-34(48)53-19-18-52-17-16-41-44-40)29-8-9-30-28-7-6-26-22-27(12-14-38(26,2)31(28)13-15-39(29,30)3)54-37(49)25(21-33(46)47)20-24-5-10-32(45(50)51)36-35(24)42-55-43-36/h5,10,23,25-31H,4,6-9,11-22H2,1-3H3,(H,46,47)/t23-,25+,26-,27-,28+,29?,30+,31+,38+,39-/m1/s1. The summed E-state index contributed by atoms with van der Waals surface area (Å²) in [5.41, 5.74) is 8.96. The molecule has 4 saturated carbocycles. The van der Waals surface area contributed by atoms with Crippen molar-refractivity contribution in [3.63, 3.8) is 0 Å². The fourth-order valence-electron chi connectivity index (χ4n) is 11.6. The van der Waals surface area contributed by atoms with E-state index in [2.05, 4.69) is 41.1 Å². The maximum Gasteiger partial charge on any atom is 0.310 e. The summed E-state index contributed by atoms with van der Waals surface area (Å²) >= 11 is 0. The molecule has 4 fully saturated rings. The van der Waals surface area contributed by atoms with Gasteiger partial charge in [0.25, 0.3) is 0 Å². The van der Waals surface area contributed by atoms with Crippen molar-refractivity contribution in [2.24, 2.45) is 57.4 Å². The average molecular weight is 767 g/mol. The first-order valence-corrected chi connectivity index (χ1v) is 19.9. The third-order valence-corrected chi connectivity index (χ3v) is 14.2. The van der Waals surface area contributed by atoms with Gasteiger partial charge in [-0.25, -0.2) is 4.63 Å². The van der Waals surface area contributed by atoms with E-state index in [1.54, 1.807) is 0 Å². The number of hydrogen-bond donors (Lipinski definition) is 1. The predicted molar refractivity (Wildman–Crippen MR) is 197 cm³/mol. The fourth-order valence-corrected chi connectivity index (χ4v) is 11.6. The molecule has 4 aliphatic rings. The van der Waals surface area contributed by atoms with Crippen LogP contribution in [-0.2, 0) is 35.0 Å². The van der Waals surface area contributed by atoms with Crippen molar-refractivity contribution in [2.75, 3.05) is 26.4 Å². The monoisotopic (exact) mass is 766 g/mol. The van der Waals surface area contributed by atoms with Crippen molar-refractivity contribution >= 4 is 34.6 Å². The Bertz CT molecular complexity index is 1780. The summed E-state index contributed by atoms with van der Waals surface area (Å²) < 4.78 is 21.6. The SMILES string of the molecule is C[C@H](CCC(=O)OCCOCCN=[N+]=[N-])C1CC[C@H]2[C@@H]3CC[C@@H]4C[C@H](OC(=O)[C@H](CC(=O)O)Cc5ccc([N+](=O)[O-])c6nonc56)CC[C@]4(C)[C@H]3CC[C@]12C. The highest BCUT2D eigenvalue weighted by molar-refractivity contribution is 5.87. The molecule has 0 radical (unpaired) electrons. The maximum atomic E-state index is 13.6. The number of fused-ring (bicyclic) bond motifs is 6. The highest BCUT2D eigenvalue weighted by Gasteiger charge is 2.60. The predicted octanol–water partition coefficient (Wildman–Crippen LogP) is 7.62. The van der Waals surface area contributed by atoms with E-state index in [0.717, 1.165) is 38.5 Å². The van der Waals surface area contributed by atoms with E-state index >= 15 is 0 Å². The number of nitrogens with zero attached hydrogens (tertiary/aromatic N) is 6. The van der Waals surface area contributed by atoms with Gasteiger partial charge >= 0.3 is 23.6 Å². The van der Waals surface area contributed by atoms with Gasteiger partial charge in [0, 0.05) is 23.9 Å². The van der Waals surface area contributed by atoms with Gasteiger partial charge in [-0.15, -0.1) is 0 Å². The van der Waals surface area contributed by atoms with Crippen molar-refractivity contribution in [1.29, 1.82) is 0 Å². The number of nitro groups is 1. The van der Waals surface area contributed by atoms with Crippen molar-refractivity contribution in [1.82, 2.24) is 10.3 Å². The van der Waals surface area contributed by atoms with Gasteiger partial charge in [0.1, 0.15) is 18.2 Å². The van der Waals surface area contributed by atoms with Crippen LogP contribution in [0.1, 0.15) is 103 Å². The Balaban J connectivity index is 1.02. The van der Waals surface area contributed by atoms with Crippen LogP contribution in [0.4, 0.5) is 5.69 Å². The molecule has 0 spiro atoms. The Morgan fingerprint density at radius 2 is 1.82 bits per heavy atom. The fraction of sp³-hybridized carbons (Fsp3) is 0.769. The molecule has 16 nitrogen and oxygen atoms in total. The van der Waals surface area contributed by atoms with Crippen LogP contribution < -0.4 is 0 Å². The smallest absolute Gasteiger partial charge is 0.310 e. The van der Waals surface area contributed by atoms with Gasteiger partial charge in [0.2, 0.25) is 5.52 Å². The summed E-state index contributed by atoms with van der Waals surface area (Å²) in [6.07, 6.45) is 9.91. The minimum absolute atomic E-state index is 0.0208. The van der Waals surface area contributed by atoms with Crippen LogP contribution in [0, 0.1) is 62.4 Å². The number of esters is 2. The van der Waals surface area contributed by atoms with Gasteiger partial charge in [0.15, 0.2) is 0 Å². The number of azide groups is 1. The van der Waals surface area contributed by atoms with Gasteiger partial charge < -0.3 is 19.3 Å². The van der Waals surface area contributed by atoms with E-state index in [-0.39, 0.29) is 65.8 Å². The normalized spacial score (nSPS) is 30.9. The summed E-state index contributed by atoms with van der Waals surface area (Å²) in [5.74, 6) is 0.412. The third kappa shape index (κ3) is 8.60. The summed E-state index contributed by atoms with van der Waals surface area (Å²) in [6, 6.07) is 2.73. The van der Waals surface area contributed by atoms with Crippen molar-refractivity contribution in [3.05, 3.63) is 38.3 Å². The Morgan fingerprint density at radius 1 is 1.05 bits per heavy atom. The number of aliphatic carboxylic acids is 1. The average Bonchev–Trinajstić information content (AvgIpc) is 3.78. The molecular formula is C39H54N6O10. The van der Waals surface area contributed by atoms with Gasteiger partial charge in [-0.3, -0.25) is 24.5 Å². The first-order valence-electron chi connectivity index (χ1n) is 19.9. The minimum Gasteiger partial charge on any atom is -0.481 e. The lowest BCUT2D eigenvalue weighted by Crippen LogP contribution is -2.54. The molecule has 0 aliphatic heterocycles. The molecule has 1 heterocycles. The minimum atomic E-state index is -1.14. The first kappa shape index (κ1) is 40.4. The molecule has 0 bridgehead atoms. The van der Waals surface area contributed by atoms with E-state index < -0.39 is 29.2 Å². The zero-order valence-electron chi connectivity index (χ0n) is 32.1. The van der Waals surface area contributed by atoms with E-state index in [1.165, 1.54) is 37.8 Å². The number of hydrogen-bond acceptors (Lipinski definition) is 12. The van der Waals surface area contributed by atoms with Crippen LogP contribution in [0.2, 0.25) is 0 Å². The molecule has 0 saturated heterocycles. The molecule has 300 valence electrons. The number of carbonyl (C=O) groups is 3. The van der Waals surface area contributed by atoms with E-state index in [4.69, 9.17) is 24.4 Å². The van der Waals surface area contributed by atoms with Gasteiger partial charge in [-0.2, -0.15) is 0 Å². The second-order valence-electron chi connectivity index (χ2n) is 17.0. The molecule has 6 rings (SSSR count). The number of aromatic nitrogens is 2. The molecule has 1 unspecified atom stereocenters. The summed E-state index contributed by atoms with van der Waals surface area (Å²) in [7, 11) is 0. The summed E-state index contributed by atoms with van der Waals surface area (Å²) in [5, 5.41) is 32.0. The van der Waals surface area contributed by atoms with Crippen LogP contribution in [0.25, 0.3) is 21.5 Å². The molecule has 1 aromatic heterocycles. The Hall–Kier alpha value is -4.30. The van der Waals surface area contributed by atoms with Crippen LogP contribution in [-0.4, -0.2) is 70.7 Å². The van der Waals surface area contributed by atoms with Crippen LogP contribution in [0.3, 0.4) is 0 Å². The number of carbonyl (C=O) groups excluding carboxylic acids is 2. The second-order valence-corrected chi connectivity index (χ2v) is 17.0. The molecule has 1 N–H and O–H groups in total. The summed E-state index contributed by atoms with van der Waals surface area (Å²) in [4.78, 5) is 51.5. The van der Waals surface area contributed by atoms with E-state index in [1.807, 2.05) is 0 Å². The molecule has 55 heavy (non-hydrogen) atoms. The topological polar surface area (TPSA) is 230 Å². The highest BCUT2D eigenvalue weighted by Crippen LogP contribution is 2.68. The largest absolute Gasteiger partial charge is 0.481 e. The Morgan fingerprint density at radius 3 is 2.58 bits per heavy atom. The zero-order chi connectivity index (χ0) is 39.3. The quantitative estimate of drug-likeness (QED) is 0.0312. The third-order valence-electron chi connectivity index (χ3n) is 14.2. The van der Waals surface area contributed by atoms with Crippen LogP contribution in [0.5, 0.6) is 0 Å². The summed E-state index contributed by atoms with van der Waals surface area (Å²) in [6.45, 7) is 8.30. The number of rotatable bonds is 17. The molecule has 1 aromatic carbocycles. The Labute approximate surface area is 320 Å². The number of non-ortho nitro benzene ring substituents is 1. The van der Waals surface area contributed by atoms with E-state index in [9.17, 15) is 29.6 Å².